The third-order valence-electron chi connectivity index (χ3n) is 4.81. The Labute approximate surface area is 109 Å². The first-order chi connectivity index (χ1) is 8.83. The van der Waals surface area contributed by atoms with Gasteiger partial charge in [-0.15, -0.1) is 0 Å². The highest BCUT2D eigenvalue weighted by molar-refractivity contribution is 5.17. The van der Waals surface area contributed by atoms with E-state index in [4.69, 9.17) is 0 Å². The predicted octanol–water partition coefficient (Wildman–Crippen LogP) is 2.75. The second kappa shape index (κ2) is 5.41. The van der Waals surface area contributed by atoms with Crippen molar-refractivity contribution in [2.24, 2.45) is 17.8 Å². The summed E-state index contributed by atoms with van der Waals surface area (Å²) in [6, 6.07) is 9.93. The van der Waals surface area contributed by atoms with Crippen molar-refractivity contribution in [3.63, 3.8) is 0 Å². The van der Waals surface area contributed by atoms with Crippen LogP contribution in [0.1, 0.15) is 37.4 Å². The fourth-order valence-electron chi connectivity index (χ4n) is 3.82. The standard InChI is InChI=1S/C16H23NO/c18-16(13-4-2-1-3-5-13)11-17-10-15-9-12-6-7-14(15)8-12/h1-5,12,14-18H,6-11H2. The van der Waals surface area contributed by atoms with Gasteiger partial charge in [0.25, 0.3) is 0 Å². The van der Waals surface area contributed by atoms with Crippen LogP contribution in [0, 0.1) is 17.8 Å². The molecule has 2 bridgehead atoms. The second-order valence-corrected chi connectivity index (χ2v) is 6.02. The molecule has 3 rings (SSSR count). The first kappa shape index (κ1) is 12.2. The molecule has 98 valence electrons. The van der Waals surface area contributed by atoms with Crippen molar-refractivity contribution in [1.82, 2.24) is 5.32 Å². The summed E-state index contributed by atoms with van der Waals surface area (Å²) in [6.07, 6.45) is 5.42. The quantitative estimate of drug-likeness (QED) is 0.836. The zero-order valence-corrected chi connectivity index (χ0v) is 10.9. The Morgan fingerprint density at radius 3 is 2.67 bits per heavy atom. The molecular formula is C16H23NO. The van der Waals surface area contributed by atoms with E-state index in [2.05, 4.69) is 5.32 Å². The van der Waals surface area contributed by atoms with Crippen LogP contribution >= 0.6 is 0 Å². The van der Waals surface area contributed by atoms with E-state index in [9.17, 15) is 5.11 Å². The minimum Gasteiger partial charge on any atom is -0.387 e. The number of aliphatic hydroxyl groups is 1. The third kappa shape index (κ3) is 2.60. The summed E-state index contributed by atoms with van der Waals surface area (Å²) in [5, 5.41) is 13.5. The maximum absolute atomic E-state index is 10.1. The molecule has 0 radical (unpaired) electrons. The normalized spacial score (nSPS) is 31.7. The molecule has 0 amide bonds. The molecule has 2 heteroatoms. The minimum absolute atomic E-state index is 0.371. The Morgan fingerprint density at radius 1 is 1.17 bits per heavy atom. The van der Waals surface area contributed by atoms with E-state index < -0.39 is 0 Å². The van der Waals surface area contributed by atoms with Crippen molar-refractivity contribution in [2.45, 2.75) is 31.8 Å². The lowest BCUT2D eigenvalue weighted by Gasteiger charge is -2.22. The van der Waals surface area contributed by atoms with E-state index >= 15 is 0 Å². The van der Waals surface area contributed by atoms with Crippen LogP contribution in [0.2, 0.25) is 0 Å². The van der Waals surface area contributed by atoms with Crippen molar-refractivity contribution in [3.8, 4) is 0 Å². The van der Waals surface area contributed by atoms with Crippen LogP contribution in [-0.2, 0) is 0 Å². The fourth-order valence-corrected chi connectivity index (χ4v) is 3.82. The average molecular weight is 245 g/mol. The monoisotopic (exact) mass is 245 g/mol. The topological polar surface area (TPSA) is 32.3 Å². The Kier molecular flexibility index (Phi) is 3.67. The van der Waals surface area contributed by atoms with Gasteiger partial charge in [-0.25, -0.2) is 0 Å². The van der Waals surface area contributed by atoms with Gasteiger partial charge in [0.2, 0.25) is 0 Å². The van der Waals surface area contributed by atoms with Crippen molar-refractivity contribution >= 4 is 0 Å². The molecule has 4 atom stereocenters. The van der Waals surface area contributed by atoms with Crippen molar-refractivity contribution in [2.75, 3.05) is 13.1 Å². The Bertz CT molecular complexity index is 378. The van der Waals surface area contributed by atoms with Crippen LogP contribution < -0.4 is 5.32 Å². The van der Waals surface area contributed by atoms with Gasteiger partial charge in [0.15, 0.2) is 0 Å². The molecule has 18 heavy (non-hydrogen) atoms. The van der Waals surface area contributed by atoms with Gasteiger partial charge >= 0.3 is 0 Å². The number of aliphatic hydroxyl groups excluding tert-OH is 1. The summed E-state index contributed by atoms with van der Waals surface area (Å²) >= 11 is 0. The summed E-state index contributed by atoms with van der Waals surface area (Å²) in [5.41, 5.74) is 1.01. The molecule has 2 fully saturated rings. The smallest absolute Gasteiger partial charge is 0.0914 e. The number of nitrogens with one attached hydrogen (secondary N) is 1. The van der Waals surface area contributed by atoms with E-state index in [1.54, 1.807) is 0 Å². The van der Waals surface area contributed by atoms with Crippen LogP contribution in [0.25, 0.3) is 0 Å². The summed E-state index contributed by atoms with van der Waals surface area (Å²) in [6.45, 7) is 1.77. The first-order valence-corrected chi connectivity index (χ1v) is 7.26. The molecule has 2 nitrogen and oxygen atoms in total. The van der Waals surface area contributed by atoms with Gasteiger partial charge in [-0.2, -0.15) is 0 Å². The van der Waals surface area contributed by atoms with Gasteiger partial charge in [0.05, 0.1) is 6.10 Å². The second-order valence-electron chi connectivity index (χ2n) is 6.02. The van der Waals surface area contributed by atoms with E-state index in [-0.39, 0.29) is 6.10 Å². The molecule has 0 spiro atoms. The lowest BCUT2D eigenvalue weighted by atomic mass is 9.89. The fraction of sp³-hybridized carbons (Fsp3) is 0.625. The Balaban J connectivity index is 1.42. The molecule has 4 unspecified atom stereocenters. The summed E-state index contributed by atoms with van der Waals surface area (Å²) in [7, 11) is 0. The number of rotatable bonds is 5. The molecule has 2 aliphatic rings. The maximum atomic E-state index is 10.1. The van der Waals surface area contributed by atoms with Crippen LogP contribution in [0.15, 0.2) is 30.3 Å². The summed E-state index contributed by atoms with van der Waals surface area (Å²) < 4.78 is 0. The molecule has 0 aromatic heterocycles. The zero-order chi connectivity index (χ0) is 12.4. The van der Waals surface area contributed by atoms with Gasteiger partial charge in [-0.05, 0) is 49.1 Å². The number of hydrogen-bond acceptors (Lipinski definition) is 2. The lowest BCUT2D eigenvalue weighted by molar-refractivity contribution is 0.170. The van der Waals surface area contributed by atoms with Crippen LogP contribution in [0.4, 0.5) is 0 Å². The Morgan fingerprint density at radius 2 is 2.00 bits per heavy atom. The Hall–Kier alpha value is -0.860. The molecule has 0 saturated heterocycles. The van der Waals surface area contributed by atoms with Gasteiger partial charge in [0.1, 0.15) is 0 Å². The minimum atomic E-state index is -0.371. The largest absolute Gasteiger partial charge is 0.387 e. The van der Waals surface area contributed by atoms with Crippen LogP contribution in [0.3, 0.4) is 0 Å². The van der Waals surface area contributed by atoms with Crippen LogP contribution in [0.5, 0.6) is 0 Å². The van der Waals surface area contributed by atoms with Crippen molar-refractivity contribution < 1.29 is 5.11 Å². The molecular weight excluding hydrogens is 222 g/mol. The molecule has 2 aliphatic carbocycles. The van der Waals surface area contributed by atoms with Gasteiger partial charge in [-0.3, -0.25) is 0 Å². The lowest BCUT2D eigenvalue weighted by Crippen LogP contribution is -2.29. The highest BCUT2D eigenvalue weighted by Crippen LogP contribution is 2.47. The van der Waals surface area contributed by atoms with Gasteiger partial charge < -0.3 is 10.4 Å². The number of fused-ring (bicyclic) bond motifs is 2. The molecule has 1 aromatic rings. The highest BCUT2D eigenvalue weighted by atomic mass is 16.3. The molecule has 2 N–H and O–H groups in total. The zero-order valence-electron chi connectivity index (χ0n) is 10.9. The van der Waals surface area contributed by atoms with E-state index in [0.29, 0.717) is 6.54 Å². The van der Waals surface area contributed by atoms with Gasteiger partial charge in [0, 0.05) is 6.54 Å². The third-order valence-corrected chi connectivity index (χ3v) is 4.81. The molecule has 1 aromatic carbocycles. The molecule has 0 aliphatic heterocycles. The maximum Gasteiger partial charge on any atom is 0.0914 e. The van der Waals surface area contributed by atoms with Crippen molar-refractivity contribution in [3.05, 3.63) is 35.9 Å². The first-order valence-electron chi connectivity index (χ1n) is 7.26. The summed E-state index contributed by atoms with van der Waals surface area (Å²) in [4.78, 5) is 0. The van der Waals surface area contributed by atoms with E-state index in [0.717, 1.165) is 29.9 Å². The number of hydrogen-bond donors (Lipinski definition) is 2. The van der Waals surface area contributed by atoms with E-state index in [1.165, 1.54) is 25.7 Å². The predicted molar refractivity (Wildman–Crippen MR) is 73.2 cm³/mol. The molecule has 2 saturated carbocycles. The number of benzene rings is 1. The van der Waals surface area contributed by atoms with Crippen molar-refractivity contribution in [1.29, 1.82) is 0 Å². The molecule has 0 heterocycles. The highest BCUT2D eigenvalue weighted by Gasteiger charge is 2.38. The van der Waals surface area contributed by atoms with Gasteiger partial charge in [-0.1, -0.05) is 36.8 Å². The summed E-state index contributed by atoms with van der Waals surface area (Å²) in [5.74, 6) is 2.85. The van der Waals surface area contributed by atoms with E-state index in [1.807, 2.05) is 30.3 Å². The SMILES string of the molecule is OC(CNCC1CC2CCC1C2)c1ccccc1. The van der Waals surface area contributed by atoms with Crippen LogP contribution in [-0.4, -0.2) is 18.2 Å². The average Bonchev–Trinajstić information content (AvgIpc) is 3.02.